The van der Waals surface area contributed by atoms with Crippen LogP contribution in [0.1, 0.15) is 23.9 Å². The minimum Gasteiger partial charge on any atom is -0.384 e. The Hall–Kier alpha value is -1.94. The molecule has 0 fully saturated rings. The van der Waals surface area contributed by atoms with E-state index in [0.29, 0.717) is 12.4 Å². The number of nitrogens with two attached hydrogens (primary N) is 1. The normalized spacial score (nSPS) is 10.5. The van der Waals surface area contributed by atoms with E-state index in [1.54, 1.807) is 12.3 Å². The molecule has 0 aliphatic carbocycles. The van der Waals surface area contributed by atoms with Crippen molar-refractivity contribution in [2.75, 3.05) is 5.73 Å². The fourth-order valence-corrected chi connectivity index (χ4v) is 1.71. The van der Waals surface area contributed by atoms with Gasteiger partial charge in [0.05, 0.1) is 6.54 Å². The van der Waals surface area contributed by atoms with Crippen LogP contribution in [0.2, 0.25) is 0 Å². The number of hydrogen-bond donors (Lipinski definition) is 2. The van der Waals surface area contributed by atoms with Crippen molar-refractivity contribution >= 4 is 5.82 Å². The van der Waals surface area contributed by atoms with E-state index in [9.17, 15) is 0 Å². The van der Waals surface area contributed by atoms with Gasteiger partial charge in [-0.15, -0.1) is 0 Å². The molecule has 1 heterocycles. The first kappa shape index (κ1) is 12.5. The second-order valence-electron chi connectivity index (χ2n) is 4.17. The standard InChI is InChI=1S/C14H18N4/c1-2-11-3-5-12(6-4-11)9-16-10-14-17-8-7-13(15)18-14/h3-8,16H,2,9-10H2,1H3,(H2,15,17,18). The highest BCUT2D eigenvalue weighted by molar-refractivity contribution is 5.25. The van der Waals surface area contributed by atoms with Crippen LogP contribution >= 0.6 is 0 Å². The first-order valence-corrected chi connectivity index (χ1v) is 6.14. The monoisotopic (exact) mass is 242 g/mol. The number of anilines is 1. The number of nitrogens with one attached hydrogen (secondary N) is 1. The Balaban J connectivity index is 1.84. The maximum atomic E-state index is 5.59. The van der Waals surface area contributed by atoms with Crippen LogP contribution in [-0.4, -0.2) is 9.97 Å². The summed E-state index contributed by atoms with van der Waals surface area (Å²) in [6.45, 7) is 3.59. The predicted molar refractivity (Wildman–Crippen MR) is 72.8 cm³/mol. The number of benzene rings is 1. The van der Waals surface area contributed by atoms with Crippen molar-refractivity contribution in [3.63, 3.8) is 0 Å². The summed E-state index contributed by atoms with van der Waals surface area (Å²) in [6, 6.07) is 10.3. The smallest absolute Gasteiger partial charge is 0.144 e. The fourth-order valence-electron chi connectivity index (χ4n) is 1.71. The quantitative estimate of drug-likeness (QED) is 0.840. The summed E-state index contributed by atoms with van der Waals surface area (Å²) in [7, 11) is 0. The Kier molecular flexibility index (Phi) is 4.25. The van der Waals surface area contributed by atoms with E-state index in [1.165, 1.54) is 11.1 Å². The topological polar surface area (TPSA) is 63.8 Å². The number of nitrogen functional groups attached to an aromatic ring is 1. The van der Waals surface area contributed by atoms with Gasteiger partial charge in [-0.05, 0) is 23.6 Å². The zero-order valence-electron chi connectivity index (χ0n) is 10.6. The van der Waals surface area contributed by atoms with Gasteiger partial charge in [0.15, 0.2) is 0 Å². The van der Waals surface area contributed by atoms with Gasteiger partial charge in [-0.25, -0.2) is 9.97 Å². The van der Waals surface area contributed by atoms with Crippen molar-refractivity contribution in [2.24, 2.45) is 0 Å². The molecule has 4 nitrogen and oxygen atoms in total. The van der Waals surface area contributed by atoms with Crippen molar-refractivity contribution < 1.29 is 0 Å². The first-order chi connectivity index (χ1) is 8.78. The zero-order valence-corrected chi connectivity index (χ0v) is 10.6. The third-order valence-corrected chi connectivity index (χ3v) is 2.77. The molecule has 0 spiro atoms. The number of hydrogen-bond acceptors (Lipinski definition) is 4. The summed E-state index contributed by atoms with van der Waals surface area (Å²) in [5, 5.41) is 3.30. The molecule has 0 bridgehead atoms. The number of nitrogens with zero attached hydrogens (tertiary/aromatic N) is 2. The van der Waals surface area contributed by atoms with Gasteiger partial charge in [0.2, 0.25) is 0 Å². The molecule has 0 saturated heterocycles. The lowest BCUT2D eigenvalue weighted by atomic mass is 10.1. The van der Waals surface area contributed by atoms with E-state index in [1.807, 2.05) is 0 Å². The molecule has 0 aliphatic heterocycles. The summed E-state index contributed by atoms with van der Waals surface area (Å²) in [5.74, 6) is 1.23. The van der Waals surface area contributed by atoms with Crippen molar-refractivity contribution in [2.45, 2.75) is 26.4 Å². The van der Waals surface area contributed by atoms with E-state index in [-0.39, 0.29) is 0 Å². The predicted octanol–water partition coefficient (Wildman–Crippen LogP) is 1.91. The highest BCUT2D eigenvalue weighted by Gasteiger charge is 1.97. The maximum Gasteiger partial charge on any atom is 0.144 e. The number of aromatic nitrogens is 2. The Morgan fingerprint density at radius 1 is 1.06 bits per heavy atom. The summed E-state index contributed by atoms with van der Waals surface area (Å²) in [4.78, 5) is 8.28. The molecule has 4 heteroatoms. The molecule has 1 aromatic carbocycles. The van der Waals surface area contributed by atoms with E-state index < -0.39 is 0 Å². The van der Waals surface area contributed by atoms with E-state index in [2.05, 4.69) is 46.5 Å². The minimum absolute atomic E-state index is 0.508. The SMILES string of the molecule is CCc1ccc(CNCc2nccc(N)n2)cc1. The molecule has 2 rings (SSSR count). The maximum absolute atomic E-state index is 5.59. The van der Waals surface area contributed by atoms with Gasteiger partial charge >= 0.3 is 0 Å². The van der Waals surface area contributed by atoms with Gasteiger partial charge in [0.25, 0.3) is 0 Å². The van der Waals surface area contributed by atoms with Gasteiger partial charge in [0.1, 0.15) is 11.6 Å². The largest absolute Gasteiger partial charge is 0.384 e. The van der Waals surface area contributed by atoms with Crippen LogP contribution in [0, 0.1) is 0 Å². The van der Waals surface area contributed by atoms with E-state index in [0.717, 1.165) is 18.8 Å². The molecule has 0 aliphatic rings. The number of aryl methyl sites for hydroxylation is 1. The van der Waals surface area contributed by atoms with Crippen LogP contribution in [0.25, 0.3) is 0 Å². The van der Waals surface area contributed by atoms with Crippen LogP contribution in [0.15, 0.2) is 36.5 Å². The molecule has 1 aromatic heterocycles. The second kappa shape index (κ2) is 6.12. The van der Waals surface area contributed by atoms with Crippen LogP contribution in [-0.2, 0) is 19.5 Å². The Morgan fingerprint density at radius 3 is 2.44 bits per heavy atom. The summed E-state index contributed by atoms with van der Waals surface area (Å²) < 4.78 is 0. The van der Waals surface area contributed by atoms with Gasteiger partial charge in [-0.1, -0.05) is 31.2 Å². The lowest BCUT2D eigenvalue weighted by molar-refractivity contribution is 0.663. The Labute approximate surface area is 107 Å². The molecular formula is C14H18N4. The van der Waals surface area contributed by atoms with Gasteiger partial charge < -0.3 is 11.1 Å². The van der Waals surface area contributed by atoms with Crippen molar-refractivity contribution in [3.05, 3.63) is 53.5 Å². The van der Waals surface area contributed by atoms with E-state index in [4.69, 9.17) is 5.73 Å². The molecule has 0 unspecified atom stereocenters. The van der Waals surface area contributed by atoms with Gasteiger partial charge in [0, 0.05) is 12.7 Å². The minimum atomic E-state index is 0.508. The van der Waals surface area contributed by atoms with Crippen molar-refractivity contribution in [3.8, 4) is 0 Å². The molecule has 0 amide bonds. The third-order valence-electron chi connectivity index (χ3n) is 2.77. The van der Waals surface area contributed by atoms with Crippen LogP contribution in [0.5, 0.6) is 0 Å². The van der Waals surface area contributed by atoms with Crippen molar-refractivity contribution in [1.82, 2.24) is 15.3 Å². The molecular weight excluding hydrogens is 224 g/mol. The van der Waals surface area contributed by atoms with Gasteiger partial charge in [-0.2, -0.15) is 0 Å². The number of rotatable bonds is 5. The zero-order chi connectivity index (χ0) is 12.8. The van der Waals surface area contributed by atoms with E-state index >= 15 is 0 Å². The average Bonchev–Trinajstić information content (AvgIpc) is 2.40. The highest BCUT2D eigenvalue weighted by Crippen LogP contribution is 2.05. The summed E-state index contributed by atoms with van der Waals surface area (Å²) in [5.41, 5.74) is 8.21. The summed E-state index contributed by atoms with van der Waals surface area (Å²) in [6.07, 6.45) is 2.75. The molecule has 18 heavy (non-hydrogen) atoms. The van der Waals surface area contributed by atoms with Crippen LogP contribution in [0.3, 0.4) is 0 Å². The Bertz CT molecular complexity index is 493. The molecule has 0 radical (unpaired) electrons. The third kappa shape index (κ3) is 3.53. The average molecular weight is 242 g/mol. The lowest BCUT2D eigenvalue weighted by Crippen LogP contribution is -2.15. The molecule has 3 N–H and O–H groups in total. The first-order valence-electron chi connectivity index (χ1n) is 6.14. The molecule has 0 atom stereocenters. The molecule has 0 saturated carbocycles. The molecule has 94 valence electrons. The summed E-state index contributed by atoms with van der Waals surface area (Å²) >= 11 is 0. The highest BCUT2D eigenvalue weighted by atomic mass is 15.0. The van der Waals surface area contributed by atoms with Gasteiger partial charge in [-0.3, -0.25) is 0 Å². The Morgan fingerprint density at radius 2 is 1.78 bits per heavy atom. The van der Waals surface area contributed by atoms with Crippen molar-refractivity contribution in [1.29, 1.82) is 0 Å². The lowest BCUT2D eigenvalue weighted by Gasteiger charge is -2.05. The fraction of sp³-hybridized carbons (Fsp3) is 0.286. The second-order valence-corrected chi connectivity index (χ2v) is 4.17. The molecule has 2 aromatic rings. The van der Waals surface area contributed by atoms with Crippen LogP contribution < -0.4 is 11.1 Å². The van der Waals surface area contributed by atoms with Crippen LogP contribution in [0.4, 0.5) is 5.82 Å².